The standard InChI is InChI=1S/C22H24FN9O/c1-14(2)30-12-20(26-13-30)27-21-17-4-3-7-32(17)29-22(28-21)31-11-15(23)8-18(31)19(33)9-16-10-24-5-6-25-16/h3-7,10,12-15,18H,8-9,11H2,1-2H3,(H,27,28,29)/t15-,18+/m1/s1. The Hall–Kier alpha value is -3.89. The minimum atomic E-state index is -1.15. The van der Waals surface area contributed by atoms with Crippen LogP contribution in [0.3, 0.4) is 0 Å². The average Bonchev–Trinajstić information content (AvgIpc) is 3.53. The van der Waals surface area contributed by atoms with E-state index in [1.54, 1.807) is 34.3 Å². The Labute approximate surface area is 189 Å². The number of carbonyl (C=O) groups excluding carboxylic acids is 1. The first-order chi connectivity index (χ1) is 16.0. The first-order valence-electron chi connectivity index (χ1n) is 10.8. The molecule has 0 saturated carbocycles. The van der Waals surface area contributed by atoms with E-state index in [0.717, 1.165) is 5.52 Å². The summed E-state index contributed by atoms with van der Waals surface area (Å²) in [5.41, 5.74) is 1.30. The number of hydrogen-bond donors (Lipinski definition) is 1. The van der Waals surface area contributed by atoms with Crippen LogP contribution in [0.1, 0.15) is 32.0 Å². The first kappa shape index (κ1) is 21.0. The maximum atomic E-state index is 14.5. The van der Waals surface area contributed by atoms with Gasteiger partial charge in [0.1, 0.15) is 17.5 Å². The molecule has 4 aromatic rings. The van der Waals surface area contributed by atoms with Crippen LogP contribution in [0.2, 0.25) is 0 Å². The number of nitrogens with zero attached hydrogens (tertiary/aromatic N) is 8. The second-order valence-corrected chi connectivity index (χ2v) is 8.36. The molecule has 33 heavy (non-hydrogen) atoms. The topological polar surface area (TPSA) is 106 Å². The zero-order valence-corrected chi connectivity index (χ0v) is 18.3. The second-order valence-electron chi connectivity index (χ2n) is 8.36. The van der Waals surface area contributed by atoms with Gasteiger partial charge in [-0.15, -0.1) is 5.10 Å². The Morgan fingerprint density at radius 3 is 2.94 bits per heavy atom. The summed E-state index contributed by atoms with van der Waals surface area (Å²) >= 11 is 0. The van der Waals surface area contributed by atoms with Crippen molar-refractivity contribution in [2.75, 3.05) is 16.8 Å². The summed E-state index contributed by atoms with van der Waals surface area (Å²) in [6.45, 7) is 4.18. The van der Waals surface area contributed by atoms with Gasteiger partial charge in [-0.25, -0.2) is 13.9 Å². The molecule has 0 spiro atoms. The van der Waals surface area contributed by atoms with E-state index in [4.69, 9.17) is 0 Å². The number of aromatic nitrogens is 7. The van der Waals surface area contributed by atoms with Gasteiger partial charge in [-0.3, -0.25) is 14.8 Å². The summed E-state index contributed by atoms with van der Waals surface area (Å²) < 4.78 is 18.1. The van der Waals surface area contributed by atoms with E-state index < -0.39 is 12.2 Å². The van der Waals surface area contributed by atoms with Crippen LogP contribution >= 0.6 is 0 Å². The first-order valence-corrected chi connectivity index (χ1v) is 10.8. The SMILES string of the molecule is CC(C)n1cnc(Nc2nc(N3C[C@H](F)C[C@H]3C(=O)Cc3cnccn3)nn3cccc23)c1. The van der Waals surface area contributed by atoms with Crippen LogP contribution in [0.4, 0.5) is 22.0 Å². The van der Waals surface area contributed by atoms with Crippen molar-refractivity contribution in [2.45, 2.75) is 44.9 Å². The van der Waals surface area contributed by atoms with Gasteiger partial charge in [-0.05, 0) is 26.0 Å². The number of nitrogens with one attached hydrogen (secondary N) is 1. The molecule has 1 N–H and O–H groups in total. The zero-order chi connectivity index (χ0) is 22.9. The summed E-state index contributed by atoms with van der Waals surface area (Å²) in [5, 5.41) is 7.79. The van der Waals surface area contributed by atoms with E-state index in [1.807, 2.05) is 22.9 Å². The van der Waals surface area contributed by atoms with Gasteiger partial charge in [0.25, 0.3) is 0 Å². The number of hydrogen-bond acceptors (Lipinski definition) is 8. The van der Waals surface area contributed by atoms with Gasteiger partial charge >= 0.3 is 0 Å². The van der Waals surface area contributed by atoms with Gasteiger partial charge in [-0.2, -0.15) is 4.98 Å². The van der Waals surface area contributed by atoms with Gasteiger partial charge in [0.15, 0.2) is 11.6 Å². The van der Waals surface area contributed by atoms with Crippen molar-refractivity contribution >= 4 is 28.9 Å². The van der Waals surface area contributed by atoms with Gasteiger partial charge in [0.2, 0.25) is 5.95 Å². The Kier molecular flexibility index (Phi) is 5.45. The fraction of sp³-hybridized carbons (Fsp3) is 0.364. The summed E-state index contributed by atoms with van der Waals surface area (Å²) in [7, 11) is 0. The quantitative estimate of drug-likeness (QED) is 0.459. The number of carbonyl (C=O) groups is 1. The van der Waals surface area contributed by atoms with E-state index in [0.29, 0.717) is 17.3 Å². The molecule has 11 heteroatoms. The molecule has 1 saturated heterocycles. The number of imidazole rings is 1. The van der Waals surface area contributed by atoms with Crippen LogP contribution < -0.4 is 10.2 Å². The smallest absolute Gasteiger partial charge is 0.246 e. The summed E-state index contributed by atoms with van der Waals surface area (Å²) in [6, 6.07) is 3.33. The van der Waals surface area contributed by atoms with Crippen molar-refractivity contribution in [3.63, 3.8) is 0 Å². The Bertz CT molecular complexity index is 1270. The lowest BCUT2D eigenvalue weighted by Gasteiger charge is -2.23. The lowest BCUT2D eigenvalue weighted by atomic mass is 10.1. The van der Waals surface area contributed by atoms with Crippen molar-refractivity contribution in [2.24, 2.45) is 0 Å². The highest BCUT2D eigenvalue weighted by molar-refractivity contribution is 5.89. The lowest BCUT2D eigenvalue weighted by molar-refractivity contribution is -0.119. The monoisotopic (exact) mass is 449 g/mol. The fourth-order valence-corrected chi connectivity index (χ4v) is 3.97. The maximum Gasteiger partial charge on any atom is 0.246 e. The van der Waals surface area contributed by atoms with Crippen molar-refractivity contribution in [1.82, 2.24) is 34.1 Å². The molecule has 0 amide bonds. The molecule has 0 bridgehead atoms. The lowest BCUT2D eigenvalue weighted by Crippen LogP contribution is -2.38. The predicted octanol–water partition coefficient (Wildman–Crippen LogP) is 2.77. The molecule has 1 aliphatic rings. The summed E-state index contributed by atoms with van der Waals surface area (Å²) in [6.07, 6.45) is 9.08. The number of Topliss-reactive ketones (excluding diaryl/α,β-unsaturated/α-hetero) is 1. The number of fused-ring (bicyclic) bond motifs is 1. The number of alkyl halides is 1. The molecule has 0 aliphatic carbocycles. The van der Waals surface area contributed by atoms with Crippen molar-refractivity contribution in [3.05, 3.63) is 55.1 Å². The van der Waals surface area contributed by atoms with Crippen molar-refractivity contribution in [1.29, 1.82) is 0 Å². The Balaban J connectivity index is 1.45. The molecule has 5 rings (SSSR count). The second kappa shape index (κ2) is 8.57. The van der Waals surface area contributed by atoms with E-state index in [1.165, 1.54) is 6.20 Å². The molecule has 10 nitrogen and oxygen atoms in total. The minimum Gasteiger partial charge on any atom is -0.333 e. The van der Waals surface area contributed by atoms with Gasteiger partial charge in [0, 0.05) is 43.4 Å². The van der Waals surface area contributed by atoms with Gasteiger partial charge in [-0.1, -0.05) is 0 Å². The van der Waals surface area contributed by atoms with Gasteiger partial charge in [0.05, 0.1) is 31.0 Å². The number of anilines is 3. The molecule has 0 unspecified atom stereocenters. The molecule has 1 fully saturated rings. The Morgan fingerprint density at radius 1 is 1.30 bits per heavy atom. The average molecular weight is 449 g/mol. The number of halogens is 1. The number of rotatable bonds is 7. The van der Waals surface area contributed by atoms with E-state index >= 15 is 0 Å². The summed E-state index contributed by atoms with van der Waals surface area (Å²) in [5.74, 6) is 1.30. The minimum absolute atomic E-state index is 0.0467. The van der Waals surface area contributed by atoms with E-state index in [9.17, 15) is 9.18 Å². The normalized spacial score (nSPS) is 18.4. The molecule has 170 valence electrons. The highest BCUT2D eigenvalue weighted by Crippen LogP contribution is 2.29. The van der Waals surface area contributed by atoms with Crippen LogP contribution in [0.5, 0.6) is 0 Å². The van der Waals surface area contributed by atoms with E-state index in [-0.39, 0.29) is 37.2 Å². The van der Waals surface area contributed by atoms with Gasteiger partial charge < -0.3 is 14.8 Å². The Morgan fingerprint density at radius 2 is 2.18 bits per heavy atom. The van der Waals surface area contributed by atoms with Crippen LogP contribution in [0, 0.1) is 0 Å². The van der Waals surface area contributed by atoms with E-state index in [2.05, 4.69) is 44.2 Å². The molecule has 4 aromatic heterocycles. The molecule has 5 heterocycles. The predicted molar refractivity (Wildman–Crippen MR) is 120 cm³/mol. The largest absolute Gasteiger partial charge is 0.333 e. The van der Waals surface area contributed by atoms with Crippen molar-refractivity contribution < 1.29 is 9.18 Å². The third-order valence-electron chi connectivity index (χ3n) is 5.67. The highest BCUT2D eigenvalue weighted by atomic mass is 19.1. The molecule has 0 aromatic carbocycles. The van der Waals surface area contributed by atoms with Crippen LogP contribution in [0.25, 0.3) is 5.52 Å². The maximum absolute atomic E-state index is 14.5. The molecule has 2 atom stereocenters. The number of ketones is 1. The zero-order valence-electron chi connectivity index (χ0n) is 18.3. The third kappa shape index (κ3) is 4.26. The third-order valence-corrected chi connectivity index (χ3v) is 5.67. The molecular weight excluding hydrogens is 425 g/mol. The van der Waals surface area contributed by atoms with Crippen LogP contribution in [-0.2, 0) is 11.2 Å². The fourth-order valence-electron chi connectivity index (χ4n) is 3.97. The highest BCUT2D eigenvalue weighted by Gasteiger charge is 2.38. The van der Waals surface area contributed by atoms with Crippen LogP contribution in [0.15, 0.2) is 49.4 Å². The molecule has 0 radical (unpaired) electrons. The van der Waals surface area contributed by atoms with Crippen molar-refractivity contribution in [3.8, 4) is 0 Å². The molecular formula is C22H24FN9O. The molecule has 1 aliphatic heterocycles. The van der Waals surface area contributed by atoms with Crippen LogP contribution in [-0.4, -0.2) is 58.7 Å². The summed E-state index contributed by atoms with van der Waals surface area (Å²) in [4.78, 5) is 31.9.